The van der Waals surface area contributed by atoms with Crippen molar-refractivity contribution in [2.75, 3.05) is 84.1 Å². The molecule has 2 heterocycles. The largest absolute Gasteiger partial charge is 0.385 e. The average Bonchev–Trinajstić information content (AvgIpc) is 2.83. The Kier molecular flexibility index (Phi) is 13.3. The summed E-state index contributed by atoms with van der Waals surface area (Å²) in [5.74, 6) is 0.843. The number of aliphatic imine (C=N–C) groups is 1. The summed E-state index contributed by atoms with van der Waals surface area (Å²) in [4.78, 5) is 12.1. The third-order valence-electron chi connectivity index (χ3n) is 6.16. The zero-order valence-corrected chi connectivity index (χ0v) is 22.5. The number of piperidine rings is 1. The van der Waals surface area contributed by atoms with Gasteiger partial charge in [-0.05, 0) is 50.5 Å². The van der Waals surface area contributed by atoms with Crippen LogP contribution in [0.15, 0.2) is 29.3 Å². The number of hydrogen-bond acceptors (Lipinski definition) is 5. The molecular weight excluding hydrogens is 536 g/mol. The van der Waals surface area contributed by atoms with Gasteiger partial charge in [0, 0.05) is 78.4 Å². The van der Waals surface area contributed by atoms with Gasteiger partial charge in [0.2, 0.25) is 0 Å². The Morgan fingerprint density at radius 2 is 1.76 bits per heavy atom. The van der Waals surface area contributed by atoms with Gasteiger partial charge < -0.3 is 24.6 Å². The Morgan fingerprint density at radius 3 is 2.39 bits per heavy atom. The van der Waals surface area contributed by atoms with Gasteiger partial charge in [-0.1, -0.05) is 0 Å². The lowest BCUT2D eigenvalue weighted by Gasteiger charge is -2.36. The summed E-state index contributed by atoms with van der Waals surface area (Å²) < 4.78 is 24.2. The van der Waals surface area contributed by atoms with Crippen LogP contribution in [0.5, 0.6) is 0 Å². The fraction of sp³-hybridized carbons (Fsp3) is 0.708. The van der Waals surface area contributed by atoms with Gasteiger partial charge in [0.1, 0.15) is 5.82 Å². The Hall–Kier alpha value is -1.17. The maximum absolute atomic E-state index is 13.1. The molecule has 1 aromatic carbocycles. The minimum atomic E-state index is -0.180. The standard InChI is InChI=1S/C24H40FN5O2.HI/c1-3-26-24(30-12-9-23(10-13-30)32-20-4-19-31-2)27-11-14-28-15-17-29(18-16-28)22-7-5-21(25)6-8-22;/h5-8,23H,3-4,9-20H2,1-2H3,(H,26,27);1H. The summed E-state index contributed by atoms with van der Waals surface area (Å²) in [5.41, 5.74) is 1.10. The molecule has 0 saturated carbocycles. The van der Waals surface area contributed by atoms with Crippen molar-refractivity contribution < 1.29 is 13.9 Å². The van der Waals surface area contributed by atoms with Crippen LogP contribution in [0.4, 0.5) is 10.1 Å². The van der Waals surface area contributed by atoms with Crippen molar-refractivity contribution >= 4 is 35.6 Å². The van der Waals surface area contributed by atoms with Crippen LogP contribution in [-0.2, 0) is 9.47 Å². The van der Waals surface area contributed by atoms with Gasteiger partial charge in [0.25, 0.3) is 0 Å². The molecule has 0 atom stereocenters. The Morgan fingerprint density at radius 1 is 1.06 bits per heavy atom. The van der Waals surface area contributed by atoms with Crippen LogP contribution in [0.2, 0.25) is 0 Å². The quantitative estimate of drug-likeness (QED) is 0.200. The smallest absolute Gasteiger partial charge is 0.193 e. The third kappa shape index (κ3) is 9.54. The summed E-state index contributed by atoms with van der Waals surface area (Å²) in [5, 5.41) is 3.46. The number of anilines is 1. The highest BCUT2D eigenvalue weighted by Crippen LogP contribution is 2.17. The lowest BCUT2D eigenvalue weighted by Crippen LogP contribution is -2.48. The van der Waals surface area contributed by atoms with E-state index in [2.05, 4.69) is 26.9 Å². The molecule has 9 heteroatoms. The molecule has 0 bridgehead atoms. The molecule has 2 saturated heterocycles. The topological polar surface area (TPSA) is 52.6 Å². The van der Waals surface area contributed by atoms with Gasteiger partial charge in [-0.3, -0.25) is 9.89 Å². The number of ether oxygens (including phenoxy) is 2. The van der Waals surface area contributed by atoms with E-state index in [-0.39, 0.29) is 29.8 Å². The molecule has 0 unspecified atom stereocenters. The minimum Gasteiger partial charge on any atom is -0.385 e. The zero-order valence-electron chi connectivity index (χ0n) is 20.2. The summed E-state index contributed by atoms with van der Waals surface area (Å²) in [6.45, 7) is 12.2. The Balaban J connectivity index is 0.00000385. The van der Waals surface area contributed by atoms with E-state index < -0.39 is 0 Å². The fourth-order valence-electron chi connectivity index (χ4n) is 4.29. The van der Waals surface area contributed by atoms with Crippen molar-refractivity contribution in [2.45, 2.75) is 32.3 Å². The zero-order chi connectivity index (χ0) is 22.6. The van der Waals surface area contributed by atoms with E-state index in [1.54, 1.807) is 7.11 Å². The molecule has 0 radical (unpaired) electrons. The van der Waals surface area contributed by atoms with Gasteiger partial charge in [0.05, 0.1) is 12.6 Å². The van der Waals surface area contributed by atoms with E-state index in [4.69, 9.17) is 14.5 Å². The monoisotopic (exact) mass is 577 g/mol. The first-order chi connectivity index (χ1) is 15.7. The molecule has 2 fully saturated rings. The summed E-state index contributed by atoms with van der Waals surface area (Å²) >= 11 is 0. The van der Waals surface area contributed by atoms with E-state index in [0.29, 0.717) is 6.10 Å². The first-order valence-corrected chi connectivity index (χ1v) is 12.1. The summed E-state index contributed by atoms with van der Waals surface area (Å²) in [6, 6.07) is 6.81. The molecule has 7 nitrogen and oxygen atoms in total. The molecule has 33 heavy (non-hydrogen) atoms. The molecule has 0 spiro atoms. The maximum atomic E-state index is 13.1. The number of guanidine groups is 1. The highest BCUT2D eigenvalue weighted by molar-refractivity contribution is 14.0. The van der Waals surface area contributed by atoms with Crippen LogP contribution < -0.4 is 10.2 Å². The van der Waals surface area contributed by atoms with Gasteiger partial charge in [-0.2, -0.15) is 0 Å². The fourth-order valence-corrected chi connectivity index (χ4v) is 4.29. The molecule has 2 aliphatic heterocycles. The van der Waals surface area contributed by atoms with E-state index in [1.165, 1.54) is 12.1 Å². The van der Waals surface area contributed by atoms with Crippen LogP contribution in [0.1, 0.15) is 26.2 Å². The van der Waals surface area contributed by atoms with Crippen molar-refractivity contribution in [2.24, 2.45) is 4.99 Å². The minimum absolute atomic E-state index is 0. The van der Waals surface area contributed by atoms with Crippen LogP contribution in [0, 0.1) is 5.82 Å². The third-order valence-corrected chi connectivity index (χ3v) is 6.16. The van der Waals surface area contributed by atoms with E-state index in [9.17, 15) is 4.39 Å². The molecule has 0 amide bonds. The number of rotatable bonds is 10. The molecule has 2 aliphatic rings. The van der Waals surface area contributed by atoms with Crippen LogP contribution in [0.25, 0.3) is 0 Å². The number of benzene rings is 1. The van der Waals surface area contributed by atoms with Crippen LogP contribution in [-0.4, -0.2) is 101 Å². The van der Waals surface area contributed by atoms with Gasteiger partial charge in [-0.25, -0.2) is 4.39 Å². The molecule has 0 aromatic heterocycles. The lowest BCUT2D eigenvalue weighted by atomic mass is 10.1. The number of likely N-dealkylation sites (tertiary alicyclic amines) is 1. The van der Waals surface area contributed by atoms with E-state index in [0.717, 1.165) is 103 Å². The van der Waals surface area contributed by atoms with Crippen molar-refractivity contribution in [3.8, 4) is 0 Å². The van der Waals surface area contributed by atoms with Crippen molar-refractivity contribution in [3.63, 3.8) is 0 Å². The normalized spacial score (nSPS) is 18.3. The Labute approximate surface area is 215 Å². The molecule has 0 aliphatic carbocycles. The molecular formula is C24H41FIN5O2. The predicted octanol–water partition coefficient (Wildman–Crippen LogP) is 3.05. The van der Waals surface area contributed by atoms with Gasteiger partial charge in [-0.15, -0.1) is 24.0 Å². The molecule has 1 N–H and O–H groups in total. The lowest BCUT2D eigenvalue weighted by molar-refractivity contribution is 0.00990. The van der Waals surface area contributed by atoms with E-state index >= 15 is 0 Å². The molecule has 3 rings (SSSR count). The first-order valence-electron chi connectivity index (χ1n) is 12.1. The highest BCUT2D eigenvalue weighted by atomic mass is 127. The number of methoxy groups -OCH3 is 1. The Bertz CT molecular complexity index is 678. The second-order valence-corrected chi connectivity index (χ2v) is 8.44. The van der Waals surface area contributed by atoms with Crippen molar-refractivity contribution in [1.82, 2.24) is 15.1 Å². The van der Waals surface area contributed by atoms with Crippen LogP contribution >= 0.6 is 24.0 Å². The summed E-state index contributed by atoms with van der Waals surface area (Å²) in [7, 11) is 1.73. The average molecular weight is 578 g/mol. The number of nitrogens with zero attached hydrogens (tertiary/aromatic N) is 4. The number of nitrogens with one attached hydrogen (secondary N) is 1. The number of halogens is 2. The molecule has 188 valence electrons. The van der Waals surface area contributed by atoms with Crippen molar-refractivity contribution in [3.05, 3.63) is 30.1 Å². The van der Waals surface area contributed by atoms with Crippen LogP contribution in [0.3, 0.4) is 0 Å². The summed E-state index contributed by atoms with van der Waals surface area (Å²) in [6.07, 6.45) is 3.40. The number of piperazine rings is 1. The van der Waals surface area contributed by atoms with Gasteiger partial charge >= 0.3 is 0 Å². The van der Waals surface area contributed by atoms with E-state index in [1.807, 2.05) is 12.1 Å². The highest BCUT2D eigenvalue weighted by Gasteiger charge is 2.22. The SMILES string of the molecule is CCNC(=NCCN1CCN(c2ccc(F)cc2)CC1)N1CCC(OCCCOC)CC1.I. The van der Waals surface area contributed by atoms with Gasteiger partial charge in [0.15, 0.2) is 5.96 Å². The first kappa shape index (κ1) is 28.1. The number of hydrogen-bond donors (Lipinski definition) is 1. The second-order valence-electron chi connectivity index (χ2n) is 8.44. The maximum Gasteiger partial charge on any atom is 0.193 e. The predicted molar refractivity (Wildman–Crippen MR) is 143 cm³/mol. The van der Waals surface area contributed by atoms with Crippen molar-refractivity contribution in [1.29, 1.82) is 0 Å². The molecule has 1 aromatic rings. The second kappa shape index (κ2) is 15.7.